The summed E-state index contributed by atoms with van der Waals surface area (Å²) in [4.78, 5) is 11.1. The zero-order valence-electron chi connectivity index (χ0n) is 9.12. The molecule has 1 heterocycles. The summed E-state index contributed by atoms with van der Waals surface area (Å²) in [6.45, 7) is 1.39. The van der Waals surface area contributed by atoms with Crippen molar-refractivity contribution in [2.75, 3.05) is 6.61 Å². The number of hydrogen-bond donors (Lipinski definition) is 3. The molecule has 17 heavy (non-hydrogen) atoms. The first kappa shape index (κ1) is 13.6. The Bertz CT molecular complexity index is 509. The summed E-state index contributed by atoms with van der Waals surface area (Å²) in [5.74, 6) is -0.550. The minimum Gasteiger partial charge on any atom is -0.394 e. The lowest BCUT2D eigenvalue weighted by Crippen LogP contribution is -2.20. The molecule has 1 aromatic rings. The number of rotatable bonds is 1. The van der Waals surface area contributed by atoms with Gasteiger partial charge in [0, 0.05) is 0 Å². The van der Waals surface area contributed by atoms with Gasteiger partial charge in [0.1, 0.15) is 4.90 Å². The molecule has 0 aromatic heterocycles. The van der Waals surface area contributed by atoms with Crippen LogP contribution in [0.25, 0.3) is 0 Å². The molecule has 94 valence electrons. The Morgan fingerprint density at radius 1 is 1.35 bits per heavy atom. The lowest BCUT2D eigenvalue weighted by Gasteiger charge is -1.91. The molecule has 2 rings (SSSR count). The number of carbonyl (C=O) groups is 1. The number of benzene rings is 1. The fourth-order valence-corrected chi connectivity index (χ4v) is 2.29. The third-order valence-corrected chi connectivity index (χ3v) is 3.30. The molecule has 0 saturated carbocycles. The van der Waals surface area contributed by atoms with E-state index in [0.717, 1.165) is 0 Å². The lowest BCUT2D eigenvalue weighted by atomic mass is 10.2. The van der Waals surface area contributed by atoms with Crippen LogP contribution in [0.15, 0.2) is 29.2 Å². The molecular weight excluding hydrogens is 246 g/mol. The fraction of sp³-hybridized carbons (Fsp3) is 0.300. The Balaban J connectivity index is 0.000000249. The minimum atomic E-state index is -3.55. The highest BCUT2D eigenvalue weighted by atomic mass is 32.2. The maximum atomic E-state index is 11.1. The van der Waals surface area contributed by atoms with E-state index in [-0.39, 0.29) is 17.1 Å². The van der Waals surface area contributed by atoms with Gasteiger partial charge in [-0.15, -0.1) is 0 Å². The first-order chi connectivity index (χ1) is 7.88. The van der Waals surface area contributed by atoms with Gasteiger partial charge in [0.05, 0.1) is 18.3 Å². The van der Waals surface area contributed by atoms with Gasteiger partial charge in [-0.05, 0) is 19.1 Å². The van der Waals surface area contributed by atoms with Gasteiger partial charge in [-0.25, -0.2) is 13.1 Å². The molecule has 0 spiro atoms. The normalized spacial score (nSPS) is 17.5. The van der Waals surface area contributed by atoms with Gasteiger partial charge < -0.3 is 10.2 Å². The highest BCUT2D eigenvalue weighted by Gasteiger charge is 2.31. The molecule has 6 nitrogen and oxygen atoms in total. The van der Waals surface area contributed by atoms with Crippen molar-refractivity contribution in [3.05, 3.63) is 29.8 Å². The summed E-state index contributed by atoms with van der Waals surface area (Å²) in [5.41, 5.74) is 0.220. The molecule has 1 aliphatic heterocycles. The summed E-state index contributed by atoms with van der Waals surface area (Å²) in [5, 5.41) is 16.0. The Kier molecular flexibility index (Phi) is 4.22. The van der Waals surface area contributed by atoms with E-state index in [1.807, 2.05) is 4.72 Å². The van der Waals surface area contributed by atoms with Crippen LogP contribution in [0.4, 0.5) is 0 Å². The SMILES string of the molecule is CC(O)CO.O=C1NS(=O)(=O)c2ccccc21. The highest BCUT2D eigenvalue weighted by Crippen LogP contribution is 2.20. The van der Waals surface area contributed by atoms with Crippen LogP contribution in [0.5, 0.6) is 0 Å². The molecule has 1 atom stereocenters. The molecule has 3 N–H and O–H groups in total. The summed E-state index contributed by atoms with van der Waals surface area (Å²) in [6.07, 6.45) is -0.560. The van der Waals surface area contributed by atoms with Crippen molar-refractivity contribution >= 4 is 15.9 Å². The number of carbonyl (C=O) groups excluding carboxylic acids is 1. The summed E-state index contributed by atoms with van der Waals surface area (Å²) in [6, 6.07) is 6.09. The van der Waals surface area contributed by atoms with Gasteiger partial charge >= 0.3 is 0 Å². The van der Waals surface area contributed by atoms with E-state index in [9.17, 15) is 13.2 Å². The van der Waals surface area contributed by atoms with E-state index in [1.54, 1.807) is 12.1 Å². The van der Waals surface area contributed by atoms with E-state index in [0.29, 0.717) is 0 Å². The number of aliphatic hydroxyl groups is 2. The molecule has 0 saturated heterocycles. The van der Waals surface area contributed by atoms with Crippen molar-refractivity contribution < 1.29 is 23.4 Å². The molecule has 0 aliphatic carbocycles. The van der Waals surface area contributed by atoms with Crippen LogP contribution < -0.4 is 4.72 Å². The van der Waals surface area contributed by atoms with Crippen LogP contribution >= 0.6 is 0 Å². The predicted molar refractivity (Wildman–Crippen MR) is 59.9 cm³/mol. The number of aliphatic hydroxyl groups excluding tert-OH is 2. The summed E-state index contributed by atoms with van der Waals surface area (Å²) >= 11 is 0. The first-order valence-electron chi connectivity index (χ1n) is 4.83. The molecule has 0 radical (unpaired) electrons. The maximum Gasteiger partial charge on any atom is 0.266 e. The van der Waals surface area contributed by atoms with Crippen LogP contribution in [-0.2, 0) is 10.0 Å². The Labute approximate surface area is 99.0 Å². The van der Waals surface area contributed by atoms with Crippen LogP contribution in [0.2, 0.25) is 0 Å². The van der Waals surface area contributed by atoms with Crippen LogP contribution in [0, 0.1) is 0 Å². The van der Waals surface area contributed by atoms with E-state index in [2.05, 4.69) is 0 Å². The average molecular weight is 259 g/mol. The number of hydrogen-bond acceptors (Lipinski definition) is 5. The average Bonchev–Trinajstić information content (AvgIpc) is 2.51. The van der Waals surface area contributed by atoms with Crippen molar-refractivity contribution in [3.63, 3.8) is 0 Å². The highest BCUT2D eigenvalue weighted by molar-refractivity contribution is 7.90. The van der Waals surface area contributed by atoms with Gasteiger partial charge in [-0.3, -0.25) is 4.79 Å². The van der Waals surface area contributed by atoms with E-state index < -0.39 is 22.0 Å². The van der Waals surface area contributed by atoms with E-state index in [4.69, 9.17) is 10.2 Å². The third kappa shape index (κ3) is 3.26. The second-order valence-electron chi connectivity index (χ2n) is 3.46. The van der Waals surface area contributed by atoms with E-state index in [1.165, 1.54) is 19.1 Å². The fourth-order valence-electron chi connectivity index (χ4n) is 1.12. The molecule has 1 aliphatic rings. The zero-order chi connectivity index (χ0) is 13.1. The molecule has 1 unspecified atom stereocenters. The van der Waals surface area contributed by atoms with Crippen LogP contribution in [-0.4, -0.2) is 37.2 Å². The van der Waals surface area contributed by atoms with Crippen molar-refractivity contribution in [3.8, 4) is 0 Å². The van der Waals surface area contributed by atoms with Crippen LogP contribution in [0.3, 0.4) is 0 Å². The van der Waals surface area contributed by atoms with Gasteiger partial charge in [0.2, 0.25) is 0 Å². The third-order valence-electron chi connectivity index (χ3n) is 1.91. The topological polar surface area (TPSA) is 104 Å². The maximum absolute atomic E-state index is 11.1. The van der Waals surface area contributed by atoms with Crippen molar-refractivity contribution in [2.45, 2.75) is 17.9 Å². The minimum absolute atomic E-state index is 0.0648. The standard InChI is InChI=1S/C7H5NO3S.C3H8O2/c9-7-5-3-1-2-4-6(5)12(10,11)8-7;1-3(5)2-4/h1-4H,(H,8,9);3-5H,2H2,1H3. The molecule has 0 bridgehead atoms. The number of nitrogens with one attached hydrogen (secondary N) is 1. The summed E-state index contributed by atoms with van der Waals surface area (Å²) in [7, 11) is -3.55. The molecular formula is C10H13NO5S. The van der Waals surface area contributed by atoms with Crippen molar-refractivity contribution in [1.29, 1.82) is 0 Å². The lowest BCUT2D eigenvalue weighted by molar-refractivity contribution is 0.0985. The zero-order valence-corrected chi connectivity index (χ0v) is 9.94. The number of amides is 1. The molecule has 1 aromatic carbocycles. The monoisotopic (exact) mass is 259 g/mol. The molecule has 1 amide bonds. The van der Waals surface area contributed by atoms with Crippen molar-refractivity contribution in [2.24, 2.45) is 0 Å². The first-order valence-corrected chi connectivity index (χ1v) is 6.32. The second kappa shape index (κ2) is 5.26. The van der Waals surface area contributed by atoms with Gasteiger partial charge in [0.25, 0.3) is 15.9 Å². The van der Waals surface area contributed by atoms with E-state index >= 15 is 0 Å². The Hall–Kier alpha value is -1.44. The molecule has 0 fully saturated rings. The smallest absolute Gasteiger partial charge is 0.266 e. The molecule has 7 heteroatoms. The number of sulfonamides is 1. The van der Waals surface area contributed by atoms with Gasteiger partial charge in [0.15, 0.2) is 0 Å². The summed E-state index contributed by atoms with van der Waals surface area (Å²) < 4.78 is 24.2. The van der Waals surface area contributed by atoms with Crippen LogP contribution in [0.1, 0.15) is 17.3 Å². The predicted octanol–water partition coefficient (Wildman–Crippen LogP) is -0.522. The second-order valence-corrected chi connectivity index (χ2v) is 5.11. The largest absolute Gasteiger partial charge is 0.394 e. The van der Waals surface area contributed by atoms with Gasteiger partial charge in [-0.1, -0.05) is 12.1 Å². The van der Waals surface area contributed by atoms with Gasteiger partial charge in [-0.2, -0.15) is 0 Å². The Morgan fingerprint density at radius 3 is 2.35 bits per heavy atom. The number of fused-ring (bicyclic) bond motifs is 1. The van der Waals surface area contributed by atoms with Crippen molar-refractivity contribution in [1.82, 2.24) is 4.72 Å². The Morgan fingerprint density at radius 2 is 1.88 bits per heavy atom. The quantitative estimate of drug-likeness (QED) is 0.629.